The summed E-state index contributed by atoms with van der Waals surface area (Å²) in [6, 6.07) is 10.9. The van der Waals surface area contributed by atoms with E-state index in [1.165, 1.54) is 0 Å². The molecule has 2 amide bonds. The van der Waals surface area contributed by atoms with E-state index in [1.807, 2.05) is 18.2 Å². The van der Waals surface area contributed by atoms with Crippen LogP contribution in [0.15, 0.2) is 42.6 Å². The van der Waals surface area contributed by atoms with Crippen LogP contribution < -0.4 is 5.73 Å². The predicted octanol–water partition coefficient (Wildman–Crippen LogP) is 2.74. The third-order valence-electron chi connectivity index (χ3n) is 4.27. The fourth-order valence-corrected chi connectivity index (χ4v) is 3.02. The smallest absolute Gasteiger partial charge is 0.253 e. The van der Waals surface area contributed by atoms with Crippen LogP contribution in [0, 0.1) is 5.92 Å². The molecule has 1 aromatic heterocycles. The molecule has 6 heteroatoms. The number of nitrogens with zero attached hydrogens (tertiary/aromatic N) is 2. The minimum Gasteiger partial charge on any atom is -0.369 e. The number of halogens is 1. The van der Waals surface area contributed by atoms with Gasteiger partial charge in [-0.25, -0.2) is 0 Å². The first-order valence-electron chi connectivity index (χ1n) is 7.85. The highest BCUT2D eigenvalue weighted by molar-refractivity contribution is 6.30. The second-order valence-corrected chi connectivity index (χ2v) is 6.37. The molecule has 24 heavy (non-hydrogen) atoms. The summed E-state index contributed by atoms with van der Waals surface area (Å²) in [4.78, 5) is 29.9. The second kappa shape index (κ2) is 7.01. The largest absolute Gasteiger partial charge is 0.369 e. The Morgan fingerprint density at radius 1 is 1.17 bits per heavy atom. The molecule has 1 saturated heterocycles. The number of hydrogen-bond donors (Lipinski definition) is 1. The number of carbonyl (C=O) groups excluding carboxylic acids is 2. The Kier molecular flexibility index (Phi) is 4.81. The molecule has 0 aliphatic carbocycles. The summed E-state index contributed by atoms with van der Waals surface area (Å²) >= 11 is 5.84. The Bertz CT molecular complexity index is 744. The SMILES string of the molecule is NC(=O)[C@@H]1CCCN(C(=O)c2ccc(-c3ccc(Cl)cn3)cc2)C1. The van der Waals surface area contributed by atoms with E-state index >= 15 is 0 Å². The normalized spacial score (nSPS) is 17.5. The molecule has 0 saturated carbocycles. The summed E-state index contributed by atoms with van der Waals surface area (Å²) in [6.45, 7) is 1.05. The number of aromatic nitrogens is 1. The zero-order valence-electron chi connectivity index (χ0n) is 13.1. The lowest BCUT2D eigenvalue weighted by molar-refractivity contribution is -0.123. The maximum Gasteiger partial charge on any atom is 0.253 e. The number of hydrogen-bond acceptors (Lipinski definition) is 3. The average Bonchev–Trinajstić information content (AvgIpc) is 2.62. The molecule has 0 unspecified atom stereocenters. The zero-order chi connectivity index (χ0) is 17.1. The Morgan fingerprint density at radius 3 is 2.54 bits per heavy atom. The molecule has 2 aromatic rings. The summed E-state index contributed by atoms with van der Waals surface area (Å²) in [6.07, 6.45) is 3.14. The number of benzene rings is 1. The number of nitrogens with two attached hydrogens (primary N) is 1. The van der Waals surface area contributed by atoms with Crippen molar-refractivity contribution in [3.8, 4) is 11.3 Å². The maximum absolute atomic E-state index is 12.6. The molecule has 1 aliphatic rings. The molecule has 3 rings (SSSR count). The van der Waals surface area contributed by atoms with E-state index in [0.29, 0.717) is 23.7 Å². The number of carbonyl (C=O) groups is 2. The quantitative estimate of drug-likeness (QED) is 0.930. The molecule has 1 fully saturated rings. The first kappa shape index (κ1) is 16.5. The molecule has 2 N–H and O–H groups in total. The molecule has 0 spiro atoms. The monoisotopic (exact) mass is 343 g/mol. The van der Waals surface area contributed by atoms with E-state index in [1.54, 1.807) is 29.3 Å². The fourth-order valence-electron chi connectivity index (χ4n) is 2.91. The second-order valence-electron chi connectivity index (χ2n) is 5.93. The third kappa shape index (κ3) is 3.57. The van der Waals surface area contributed by atoms with Crippen molar-refractivity contribution in [2.24, 2.45) is 11.7 Å². The molecule has 0 bridgehead atoms. The molecule has 5 nitrogen and oxygen atoms in total. The summed E-state index contributed by atoms with van der Waals surface area (Å²) in [5, 5.41) is 0.583. The van der Waals surface area contributed by atoms with Crippen LogP contribution in [-0.2, 0) is 4.79 Å². The van der Waals surface area contributed by atoms with Crippen molar-refractivity contribution < 1.29 is 9.59 Å². The van der Waals surface area contributed by atoms with Crippen LogP contribution in [0.4, 0.5) is 0 Å². The van der Waals surface area contributed by atoms with Gasteiger partial charge in [-0.15, -0.1) is 0 Å². The van der Waals surface area contributed by atoms with Crippen LogP contribution in [0.25, 0.3) is 11.3 Å². The highest BCUT2D eigenvalue weighted by Gasteiger charge is 2.27. The molecule has 1 atom stereocenters. The van der Waals surface area contributed by atoms with Crippen molar-refractivity contribution in [3.05, 3.63) is 53.2 Å². The highest BCUT2D eigenvalue weighted by Crippen LogP contribution is 2.22. The van der Waals surface area contributed by atoms with E-state index < -0.39 is 0 Å². The molecule has 2 heterocycles. The van der Waals surface area contributed by atoms with Gasteiger partial charge in [0.05, 0.1) is 16.6 Å². The van der Waals surface area contributed by atoms with E-state index in [4.69, 9.17) is 17.3 Å². The third-order valence-corrected chi connectivity index (χ3v) is 4.49. The van der Waals surface area contributed by atoms with Crippen LogP contribution in [0.2, 0.25) is 5.02 Å². The van der Waals surface area contributed by atoms with Gasteiger partial charge in [-0.2, -0.15) is 0 Å². The topological polar surface area (TPSA) is 76.3 Å². The van der Waals surface area contributed by atoms with E-state index in [0.717, 1.165) is 24.1 Å². The highest BCUT2D eigenvalue weighted by atomic mass is 35.5. The van der Waals surface area contributed by atoms with E-state index in [2.05, 4.69) is 4.98 Å². The molecule has 1 aromatic carbocycles. The van der Waals surface area contributed by atoms with Gasteiger partial charge in [-0.1, -0.05) is 23.7 Å². The molecular weight excluding hydrogens is 326 g/mol. The van der Waals surface area contributed by atoms with Crippen LogP contribution in [-0.4, -0.2) is 34.8 Å². The Morgan fingerprint density at radius 2 is 1.92 bits per heavy atom. The Balaban J connectivity index is 1.74. The van der Waals surface area contributed by atoms with Gasteiger partial charge in [0.2, 0.25) is 5.91 Å². The minimum absolute atomic E-state index is 0.0726. The van der Waals surface area contributed by atoms with Crippen molar-refractivity contribution in [3.63, 3.8) is 0 Å². The first-order valence-corrected chi connectivity index (χ1v) is 8.23. The van der Waals surface area contributed by atoms with Gasteiger partial charge in [0.25, 0.3) is 5.91 Å². The number of piperidine rings is 1. The van der Waals surface area contributed by atoms with Crippen LogP contribution >= 0.6 is 11.6 Å². The first-order chi connectivity index (χ1) is 11.5. The summed E-state index contributed by atoms with van der Waals surface area (Å²) < 4.78 is 0. The van der Waals surface area contributed by atoms with Gasteiger partial charge in [0.15, 0.2) is 0 Å². The standard InChI is InChI=1S/C18H18ClN3O2/c19-15-7-8-16(21-10-15)12-3-5-13(6-4-12)18(24)22-9-1-2-14(11-22)17(20)23/h3-8,10,14H,1-2,9,11H2,(H2,20,23)/t14-/m1/s1. The number of pyridine rings is 1. The average molecular weight is 344 g/mol. The lowest BCUT2D eigenvalue weighted by Crippen LogP contribution is -2.44. The lowest BCUT2D eigenvalue weighted by Gasteiger charge is -2.31. The Hall–Kier alpha value is -2.40. The number of rotatable bonds is 3. The van der Waals surface area contributed by atoms with Crippen LogP contribution in [0.1, 0.15) is 23.2 Å². The van der Waals surface area contributed by atoms with Crippen LogP contribution in [0.3, 0.4) is 0 Å². The van der Waals surface area contributed by atoms with Crippen molar-refractivity contribution in [2.75, 3.05) is 13.1 Å². The summed E-state index contributed by atoms with van der Waals surface area (Å²) in [5.74, 6) is -0.659. The van der Waals surface area contributed by atoms with E-state index in [-0.39, 0.29) is 17.7 Å². The van der Waals surface area contributed by atoms with Gasteiger partial charge < -0.3 is 10.6 Å². The summed E-state index contributed by atoms with van der Waals surface area (Å²) in [7, 11) is 0. The van der Waals surface area contributed by atoms with Crippen molar-refractivity contribution in [2.45, 2.75) is 12.8 Å². The van der Waals surface area contributed by atoms with E-state index in [9.17, 15) is 9.59 Å². The molecule has 0 radical (unpaired) electrons. The summed E-state index contributed by atoms with van der Waals surface area (Å²) in [5.41, 5.74) is 7.68. The van der Waals surface area contributed by atoms with Crippen molar-refractivity contribution in [1.82, 2.24) is 9.88 Å². The van der Waals surface area contributed by atoms with Gasteiger partial charge in [0.1, 0.15) is 0 Å². The number of amides is 2. The molecule has 1 aliphatic heterocycles. The maximum atomic E-state index is 12.6. The predicted molar refractivity (Wildman–Crippen MR) is 92.5 cm³/mol. The zero-order valence-corrected chi connectivity index (χ0v) is 13.9. The van der Waals surface area contributed by atoms with Gasteiger partial charge in [0, 0.05) is 30.4 Å². The fraction of sp³-hybridized carbons (Fsp3) is 0.278. The van der Waals surface area contributed by atoms with Crippen LogP contribution in [0.5, 0.6) is 0 Å². The number of primary amides is 1. The van der Waals surface area contributed by atoms with Gasteiger partial charge in [-0.3, -0.25) is 14.6 Å². The van der Waals surface area contributed by atoms with Crippen molar-refractivity contribution >= 4 is 23.4 Å². The molecular formula is C18H18ClN3O2. The van der Waals surface area contributed by atoms with Gasteiger partial charge >= 0.3 is 0 Å². The Labute approximate surface area is 145 Å². The lowest BCUT2D eigenvalue weighted by atomic mass is 9.96. The van der Waals surface area contributed by atoms with Gasteiger partial charge in [-0.05, 0) is 37.1 Å². The van der Waals surface area contributed by atoms with Crippen molar-refractivity contribution in [1.29, 1.82) is 0 Å². The number of likely N-dealkylation sites (tertiary alicyclic amines) is 1. The molecule has 124 valence electrons. The minimum atomic E-state index is -0.336.